The normalized spacial score (nSPS) is 19.9. The molecule has 3 heterocycles. The van der Waals surface area contributed by atoms with Crippen LogP contribution >= 0.6 is 0 Å². The number of nitrogens with one attached hydrogen (secondary N) is 2. The number of hydrogen-bond donors (Lipinski definition) is 4. The third-order valence-corrected chi connectivity index (χ3v) is 8.53. The summed E-state index contributed by atoms with van der Waals surface area (Å²) in [5, 5.41) is 34.7. The first-order valence-electron chi connectivity index (χ1n) is 16.2. The van der Waals surface area contributed by atoms with Crippen molar-refractivity contribution in [3.63, 3.8) is 0 Å². The summed E-state index contributed by atoms with van der Waals surface area (Å²) in [5.41, 5.74) is 3.26. The van der Waals surface area contributed by atoms with Gasteiger partial charge in [0.2, 0.25) is 0 Å². The Labute approximate surface area is 279 Å². The van der Waals surface area contributed by atoms with E-state index >= 15 is 0 Å². The van der Waals surface area contributed by atoms with E-state index in [1.54, 1.807) is 14.2 Å². The standard InChI is InChI=1S/C32H45N7O9/c1-43-14-4-12-38-13-16-45-28-11-6-22(17-27(28)38)21-46-30-20-33-24(18-26(30)23-7-9-25(44-2)10-8-23)19-29(32-34-36-37-35-32)48-31(40)5-3-15-47-39(41)42/h6-11,17,24,26,29-30,33,41-42H,3-5,12-16,18-21H2,1-2H3,(H,34,35,36,37). The molecule has 0 saturated carbocycles. The van der Waals surface area contributed by atoms with Crippen molar-refractivity contribution in [3.05, 3.63) is 59.4 Å². The number of H-pyrrole nitrogens is 1. The minimum Gasteiger partial charge on any atom is -0.497 e. The van der Waals surface area contributed by atoms with Gasteiger partial charge in [0.1, 0.15) is 18.1 Å². The summed E-state index contributed by atoms with van der Waals surface area (Å²) in [7, 11) is 3.36. The van der Waals surface area contributed by atoms with Crippen LogP contribution in [0, 0.1) is 0 Å². The lowest BCUT2D eigenvalue weighted by atomic mass is 9.82. The number of piperidine rings is 1. The van der Waals surface area contributed by atoms with Crippen molar-refractivity contribution in [2.24, 2.45) is 0 Å². The Morgan fingerprint density at radius 2 is 2.00 bits per heavy atom. The molecule has 0 bridgehead atoms. The number of ether oxygens (including phenoxy) is 5. The number of nitrogens with zero attached hydrogens (tertiary/aromatic N) is 5. The van der Waals surface area contributed by atoms with Gasteiger partial charge in [-0.25, -0.2) is 5.10 Å². The number of carbonyl (C=O) groups is 1. The highest BCUT2D eigenvalue weighted by atomic mass is 17.1. The molecule has 0 amide bonds. The van der Waals surface area contributed by atoms with E-state index in [9.17, 15) is 4.79 Å². The molecule has 4 N–H and O–H groups in total. The number of rotatable bonds is 18. The average Bonchev–Trinajstić information content (AvgIpc) is 3.65. The van der Waals surface area contributed by atoms with Gasteiger partial charge in [0.25, 0.3) is 0 Å². The number of methoxy groups -OCH3 is 2. The van der Waals surface area contributed by atoms with Crippen molar-refractivity contribution in [3.8, 4) is 11.5 Å². The van der Waals surface area contributed by atoms with E-state index < -0.39 is 12.1 Å². The van der Waals surface area contributed by atoms with Crippen molar-refractivity contribution >= 4 is 11.7 Å². The van der Waals surface area contributed by atoms with E-state index in [2.05, 4.69) is 59.9 Å². The van der Waals surface area contributed by atoms with E-state index in [0.717, 1.165) is 47.8 Å². The summed E-state index contributed by atoms with van der Waals surface area (Å²) < 4.78 is 29.0. The summed E-state index contributed by atoms with van der Waals surface area (Å²) in [6.45, 7) is 4.02. The molecule has 0 spiro atoms. The monoisotopic (exact) mass is 671 g/mol. The van der Waals surface area contributed by atoms with Gasteiger partial charge in [-0.2, -0.15) is 0 Å². The Hall–Kier alpha value is -3.90. The van der Waals surface area contributed by atoms with Crippen LogP contribution in [0.3, 0.4) is 0 Å². The first kappa shape index (κ1) is 35.4. The minimum absolute atomic E-state index is 0.00806. The number of aromatic nitrogens is 4. The molecule has 4 unspecified atom stereocenters. The number of benzene rings is 2. The lowest BCUT2D eigenvalue weighted by Gasteiger charge is -2.38. The summed E-state index contributed by atoms with van der Waals surface area (Å²) >= 11 is 0. The number of fused-ring (bicyclic) bond motifs is 1. The molecule has 1 aromatic heterocycles. The molecule has 48 heavy (non-hydrogen) atoms. The first-order valence-corrected chi connectivity index (χ1v) is 16.2. The summed E-state index contributed by atoms with van der Waals surface area (Å²) in [6.07, 6.45) is 1.43. The van der Waals surface area contributed by atoms with Gasteiger partial charge in [-0.05, 0) is 65.1 Å². The SMILES string of the molecule is COCCCN1CCOc2ccc(COC3CNC(CC(OC(=O)CCCON(O)O)c4nnn[nH]4)CC3c3ccc(OC)cc3)cc21. The second-order valence-electron chi connectivity index (χ2n) is 11.7. The largest absolute Gasteiger partial charge is 0.497 e. The highest BCUT2D eigenvalue weighted by Gasteiger charge is 2.35. The Morgan fingerprint density at radius 1 is 1.15 bits per heavy atom. The molecule has 2 aromatic carbocycles. The molecule has 2 aliphatic heterocycles. The van der Waals surface area contributed by atoms with E-state index in [1.807, 2.05) is 18.2 Å². The predicted molar refractivity (Wildman–Crippen MR) is 170 cm³/mol. The molecule has 3 aromatic rings. The quantitative estimate of drug-likeness (QED) is 0.0878. The molecular formula is C32H45N7O9. The molecule has 0 radical (unpaired) electrons. The molecule has 16 nitrogen and oxygen atoms in total. The Balaban J connectivity index is 1.26. The number of aromatic amines is 1. The molecule has 2 aliphatic rings. The van der Waals surface area contributed by atoms with Crippen LogP contribution in [0.5, 0.6) is 11.5 Å². The maximum atomic E-state index is 12.7. The lowest BCUT2D eigenvalue weighted by Crippen LogP contribution is -2.47. The van der Waals surface area contributed by atoms with Crippen LogP contribution in [0.15, 0.2) is 42.5 Å². The highest BCUT2D eigenvalue weighted by molar-refractivity contribution is 5.69. The number of hydrogen-bond acceptors (Lipinski definition) is 15. The van der Waals surface area contributed by atoms with Crippen LogP contribution in [-0.2, 0) is 30.4 Å². The third-order valence-electron chi connectivity index (χ3n) is 8.53. The van der Waals surface area contributed by atoms with Gasteiger partial charge in [-0.1, -0.05) is 18.2 Å². The number of carbonyl (C=O) groups excluding carboxylic acids is 1. The van der Waals surface area contributed by atoms with Gasteiger partial charge in [-0.15, -0.1) is 5.10 Å². The fraction of sp³-hybridized carbons (Fsp3) is 0.562. The fourth-order valence-electron chi connectivity index (χ4n) is 6.12. The van der Waals surface area contributed by atoms with Gasteiger partial charge >= 0.3 is 5.97 Å². The van der Waals surface area contributed by atoms with Crippen molar-refractivity contribution in [1.29, 1.82) is 0 Å². The second kappa shape index (κ2) is 18.0. The maximum Gasteiger partial charge on any atom is 0.306 e. The molecule has 0 aliphatic carbocycles. The summed E-state index contributed by atoms with van der Waals surface area (Å²) in [6, 6.07) is 14.2. The predicted octanol–water partition coefficient (Wildman–Crippen LogP) is 2.94. The molecule has 262 valence electrons. The van der Waals surface area contributed by atoms with E-state index in [4.69, 9.17) is 34.1 Å². The van der Waals surface area contributed by atoms with Crippen LogP contribution in [-0.4, -0.2) is 108 Å². The van der Waals surface area contributed by atoms with Gasteiger partial charge in [0, 0.05) is 51.6 Å². The van der Waals surface area contributed by atoms with Crippen molar-refractivity contribution < 1.29 is 43.7 Å². The molecule has 4 atom stereocenters. The lowest BCUT2D eigenvalue weighted by molar-refractivity contribution is -0.492. The van der Waals surface area contributed by atoms with E-state index in [1.165, 1.54) is 0 Å². The van der Waals surface area contributed by atoms with Gasteiger partial charge in [0.05, 0.1) is 44.0 Å². The topological polar surface area (TPSA) is 186 Å². The zero-order valence-corrected chi connectivity index (χ0v) is 27.3. The number of esters is 1. The highest BCUT2D eigenvalue weighted by Crippen LogP contribution is 2.36. The van der Waals surface area contributed by atoms with Crippen molar-refractivity contribution in [1.82, 2.24) is 31.3 Å². The summed E-state index contributed by atoms with van der Waals surface area (Å²) in [4.78, 5) is 19.5. The van der Waals surface area contributed by atoms with Crippen LogP contribution in [0.1, 0.15) is 61.1 Å². The minimum atomic E-state index is -0.725. The molecule has 16 heteroatoms. The van der Waals surface area contributed by atoms with E-state index in [0.29, 0.717) is 45.0 Å². The fourth-order valence-corrected chi connectivity index (χ4v) is 6.12. The van der Waals surface area contributed by atoms with Crippen LogP contribution < -0.4 is 19.7 Å². The number of tetrazole rings is 1. The first-order chi connectivity index (χ1) is 23.4. The van der Waals surface area contributed by atoms with Gasteiger partial charge in [-0.3, -0.25) is 20.0 Å². The summed E-state index contributed by atoms with van der Waals surface area (Å²) in [5.74, 6) is 1.54. The smallest absolute Gasteiger partial charge is 0.306 e. The number of anilines is 1. The Kier molecular flexibility index (Phi) is 13.3. The molecular weight excluding hydrogens is 626 g/mol. The average molecular weight is 672 g/mol. The maximum absolute atomic E-state index is 12.7. The van der Waals surface area contributed by atoms with Crippen molar-refractivity contribution in [2.45, 2.75) is 62.9 Å². The Bertz CT molecular complexity index is 1400. The zero-order chi connectivity index (χ0) is 33.7. The van der Waals surface area contributed by atoms with Crippen molar-refractivity contribution in [2.75, 3.05) is 58.6 Å². The molecule has 1 saturated heterocycles. The van der Waals surface area contributed by atoms with E-state index in [-0.39, 0.29) is 42.9 Å². The zero-order valence-electron chi connectivity index (χ0n) is 27.3. The van der Waals surface area contributed by atoms with Gasteiger partial charge in [0.15, 0.2) is 11.9 Å². The van der Waals surface area contributed by atoms with Crippen LogP contribution in [0.4, 0.5) is 5.69 Å². The van der Waals surface area contributed by atoms with Crippen LogP contribution in [0.2, 0.25) is 0 Å². The molecule has 1 fully saturated rings. The third kappa shape index (κ3) is 10.1. The van der Waals surface area contributed by atoms with Crippen LogP contribution in [0.25, 0.3) is 0 Å². The van der Waals surface area contributed by atoms with Gasteiger partial charge < -0.3 is 33.9 Å². The Morgan fingerprint density at radius 3 is 2.75 bits per heavy atom. The molecule has 5 rings (SSSR count). The second-order valence-corrected chi connectivity index (χ2v) is 11.7.